The van der Waals surface area contributed by atoms with Crippen LogP contribution in [0, 0.1) is 11.8 Å². The minimum atomic E-state index is 0.149. The maximum Gasteiger partial charge on any atom is 0.169 e. The third-order valence-corrected chi connectivity index (χ3v) is 4.44. The summed E-state index contributed by atoms with van der Waals surface area (Å²) in [6.07, 6.45) is 5.67. The summed E-state index contributed by atoms with van der Waals surface area (Å²) >= 11 is 0. The average Bonchev–Trinajstić information content (AvgIpc) is 2.53. The smallest absolute Gasteiger partial charge is 0.169 e. The Morgan fingerprint density at radius 3 is 2.60 bits per heavy atom. The highest BCUT2D eigenvalue weighted by Gasteiger charge is 2.31. The summed E-state index contributed by atoms with van der Waals surface area (Å²) in [5.41, 5.74) is 0.693. The second kappa shape index (κ2) is 6.78. The molecule has 3 heteroatoms. The van der Waals surface area contributed by atoms with E-state index in [-0.39, 0.29) is 11.7 Å². The highest BCUT2D eigenvalue weighted by atomic mass is 16.5. The Balaban J connectivity index is 2.27. The van der Waals surface area contributed by atoms with Crippen molar-refractivity contribution < 1.29 is 14.3 Å². The van der Waals surface area contributed by atoms with E-state index in [9.17, 15) is 4.79 Å². The lowest BCUT2D eigenvalue weighted by atomic mass is 9.74. The molecule has 0 radical (unpaired) electrons. The molecule has 0 spiro atoms. The molecule has 0 N–H and O–H groups in total. The molecule has 0 heterocycles. The Hall–Kier alpha value is -1.51. The maximum atomic E-state index is 12.8. The standard InChI is InChI=1S/C17H24O3/c1-4-12-7-5-6-8-14(12)17(18)15-10-9-13(19-2)11-16(15)20-3/h9-12,14H,4-8H2,1-3H3. The van der Waals surface area contributed by atoms with Gasteiger partial charge in [-0.05, 0) is 30.9 Å². The Labute approximate surface area is 121 Å². The van der Waals surface area contributed by atoms with Gasteiger partial charge < -0.3 is 9.47 Å². The predicted molar refractivity (Wildman–Crippen MR) is 79.6 cm³/mol. The van der Waals surface area contributed by atoms with Gasteiger partial charge in [-0.25, -0.2) is 0 Å². The first-order chi connectivity index (χ1) is 9.71. The summed E-state index contributed by atoms with van der Waals surface area (Å²) in [6, 6.07) is 5.46. The maximum absolute atomic E-state index is 12.8. The molecule has 1 fully saturated rings. The van der Waals surface area contributed by atoms with Crippen LogP contribution in [0.3, 0.4) is 0 Å². The second-order valence-electron chi connectivity index (χ2n) is 5.49. The SMILES string of the molecule is CCC1CCCCC1C(=O)c1ccc(OC)cc1OC. The third kappa shape index (κ3) is 2.97. The number of hydrogen-bond acceptors (Lipinski definition) is 3. The Bertz CT molecular complexity index is 467. The van der Waals surface area contributed by atoms with Crippen LogP contribution in [0.25, 0.3) is 0 Å². The van der Waals surface area contributed by atoms with Crippen LogP contribution in [-0.2, 0) is 0 Å². The van der Waals surface area contributed by atoms with Crippen molar-refractivity contribution in [2.75, 3.05) is 14.2 Å². The summed E-state index contributed by atoms with van der Waals surface area (Å²) in [5, 5.41) is 0. The fourth-order valence-electron chi connectivity index (χ4n) is 3.24. The third-order valence-electron chi connectivity index (χ3n) is 4.44. The normalized spacial score (nSPS) is 22.4. The summed E-state index contributed by atoms with van der Waals surface area (Å²) in [4.78, 5) is 12.8. The van der Waals surface area contributed by atoms with Gasteiger partial charge in [-0.15, -0.1) is 0 Å². The topological polar surface area (TPSA) is 35.5 Å². The number of ketones is 1. The van der Waals surface area contributed by atoms with E-state index in [2.05, 4.69) is 6.92 Å². The van der Waals surface area contributed by atoms with Gasteiger partial charge in [0.05, 0.1) is 19.8 Å². The molecule has 0 saturated heterocycles. The number of carbonyl (C=O) groups is 1. The molecule has 0 aliphatic heterocycles. The molecular weight excluding hydrogens is 252 g/mol. The Morgan fingerprint density at radius 1 is 1.20 bits per heavy atom. The van der Waals surface area contributed by atoms with E-state index >= 15 is 0 Å². The van der Waals surface area contributed by atoms with Crippen molar-refractivity contribution in [1.82, 2.24) is 0 Å². The van der Waals surface area contributed by atoms with Gasteiger partial charge in [-0.2, -0.15) is 0 Å². The highest BCUT2D eigenvalue weighted by molar-refractivity contribution is 6.00. The fraction of sp³-hybridized carbons (Fsp3) is 0.588. The molecule has 1 aliphatic carbocycles. The monoisotopic (exact) mass is 276 g/mol. The van der Waals surface area contributed by atoms with E-state index < -0.39 is 0 Å². The van der Waals surface area contributed by atoms with Crippen molar-refractivity contribution in [2.45, 2.75) is 39.0 Å². The van der Waals surface area contributed by atoms with Gasteiger partial charge >= 0.3 is 0 Å². The highest BCUT2D eigenvalue weighted by Crippen LogP contribution is 2.37. The molecule has 1 aromatic carbocycles. The molecule has 1 saturated carbocycles. The number of Topliss-reactive ketones (excluding diaryl/α,β-unsaturated/α-hetero) is 1. The van der Waals surface area contributed by atoms with Crippen molar-refractivity contribution >= 4 is 5.78 Å². The zero-order chi connectivity index (χ0) is 14.5. The van der Waals surface area contributed by atoms with Gasteiger partial charge in [0.25, 0.3) is 0 Å². The lowest BCUT2D eigenvalue weighted by Gasteiger charge is -2.30. The van der Waals surface area contributed by atoms with E-state index in [1.807, 2.05) is 12.1 Å². The molecular formula is C17H24O3. The summed E-state index contributed by atoms with van der Waals surface area (Å²) in [5.74, 6) is 2.24. The van der Waals surface area contributed by atoms with Crippen molar-refractivity contribution in [2.24, 2.45) is 11.8 Å². The van der Waals surface area contributed by atoms with Gasteiger partial charge in [-0.1, -0.05) is 26.2 Å². The van der Waals surface area contributed by atoms with Crippen molar-refractivity contribution in [3.63, 3.8) is 0 Å². The van der Waals surface area contributed by atoms with Gasteiger partial charge in [0.1, 0.15) is 11.5 Å². The quantitative estimate of drug-likeness (QED) is 0.759. The van der Waals surface area contributed by atoms with Crippen LogP contribution >= 0.6 is 0 Å². The lowest BCUT2D eigenvalue weighted by Crippen LogP contribution is -2.27. The van der Waals surface area contributed by atoms with Gasteiger partial charge in [0.15, 0.2) is 5.78 Å². The zero-order valence-electron chi connectivity index (χ0n) is 12.6. The van der Waals surface area contributed by atoms with Crippen LogP contribution < -0.4 is 9.47 Å². The minimum absolute atomic E-state index is 0.149. The minimum Gasteiger partial charge on any atom is -0.497 e. The Morgan fingerprint density at radius 2 is 1.95 bits per heavy atom. The molecule has 1 aliphatic rings. The first-order valence-corrected chi connectivity index (χ1v) is 7.47. The van der Waals surface area contributed by atoms with Crippen molar-refractivity contribution in [1.29, 1.82) is 0 Å². The van der Waals surface area contributed by atoms with Crippen LogP contribution in [0.4, 0.5) is 0 Å². The molecule has 2 rings (SSSR count). The van der Waals surface area contributed by atoms with Gasteiger partial charge in [0, 0.05) is 12.0 Å². The lowest BCUT2D eigenvalue weighted by molar-refractivity contribution is 0.0817. The number of ether oxygens (including phenoxy) is 2. The van der Waals surface area contributed by atoms with Crippen molar-refractivity contribution in [3.8, 4) is 11.5 Å². The van der Waals surface area contributed by atoms with E-state index in [1.54, 1.807) is 20.3 Å². The molecule has 0 bridgehead atoms. The van der Waals surface area contributed by atoms with Crippen LogP contribution in [0.2, 0.25) is 0 Å². The van der Waals surface area contributed by atoms with E-state index in [4.69, 9.17) is 9.47 Å². The van der Waals surface area contributed by atoms with Gasteiger partial charge in [0.2, 0.25) is 0 Å². The fourth-order valence-corrected chi connectivity index (χ4v) is 3.24. The summed E-state index contributed by atoms with van der Waals surface area (Å²) in [6.45, 7) is 2.18. The molecule has 0 aromatic heterocycles. The first kappa shape index (κ1) is 14.9. The molecule has 3 nitrogen and oxygen atoms in total. The van der Waals surface area contributed by atoms with Gasteiger partial charge in [-0.3, -0.25) is 4.79 Å². The second-order valence-corrected chi connectivity index (χ2v) is 5.49. The number of benzene rings is 1. The van der Waals surface area contributed by atoms with Crippen molar-refractivity contribution in [3.05, 3.63) is 23.8 Å². The Kier molecular flexibility index (Phi) is 5.05. The number of rotatable bonds is 5. The molecule has 2 unspecified atom stereocenters. The van der Waals surface area contributed by atoms with Crippen LogP contribution in [0.1, 0.15) is 49.4 Å². The molecule has 20 heavy (non-hydrogen) atoms. The number of carbonyl (C=O) groups excluding carboxylic acids is 1. The first-order valence-electron chi connectivity index (χ1n) is 7.47. The average molecular weight is 276 g/mol. The van der Waals surface area contributed by atoms with E-state index in [0.29, 0.717) is 23.0 Å². The van der Waals surface area contributed by atoms with Crippen LogP contribution in [-0.4, -0.2) is 20.0 Å². The summed E-state index contributed by atoms with van der Waals surface area (Å²) in [7, 11) is 3.22. The zero-order valence-corrected chi connectivity index (χ0v) is 12.6. The van der Waals surface area contributed by atoms with E-state index in [1.165, 1.54) is 12.8 Å². The summed E-state index contributed by atoms with van der Waals surface area (Å²) < 4.78 is 10.6. The largest absolute Gasteiger partial charge is 0.497 e. The number of methoxy groups -OCH3 is 2. The van der Waals surface area contributed by atoms with Crippen LogP contribution in [0.5, 0.6) is 11.5 Å². The molecule has 110 valence electrons. The van der Waals surface area contributed by atoms with E-state index in [0.717, 1.165) is 19.3 Å². The van der Waals surface area contributed by atoms with Crippen LogP contribution in [0.15, 0.2) is 18.2 Å². The predicted octanol–water partition coefficient (Wildman–Crippen LogP) is 4.10. The molecule has 2 atom stereocenters. The number of hydrogen-bond donors (Lipinski definition) is 0. The molecule has 0 amide bonds. The molecule has 1 aromatic rings.